The molecule has 19 heavy (non-hydrogen) atoms. The summed E-state index contributed by atoms with van der Waals surface area (Å²) in [5.41, 5.74) is 1.52. The molecule has 0 aromatic carbocycles. The summed E-state index contributed by atoms with van der Waals surface area (Å²) >= 11 is 0. The van der Waals surface area contributed by atoms with Gasteiger partial charge in [0.15, 0.2) is 0 Å². The lowest BCUT2D eigenvalue weighted by Crippen LogP contribution is -2.39. The number of hydrogen-bond acceptors (Lipinski definition) is 3. The highest BCUT2D eigenvalue weighted by Gasteiger charge is 2.27. The number of nitrogens with zero attached hydrogens (tertiary/aromatic N) is 3. The summed E-state index contributed by atoms with van der Waals surface area (Å²) in [4.78, 5) is 25.5. The van der Waals surface area contributed by atoms with E-state index in [1.165, 1.54) is 0 Å². The van der Waals surface area contributed by atoms with Crippen LogP contribution in [-0.2, 0) is 18.3 Å². The lowest BCUT2D eigenvalue weighted by atomic mass is 9.93. The van der Waals surface area contributed by atoms with Gasteiger partial charge >= 0.3 is 0 Å². The second kappa shape index (κ2) is 5.55. The topological polar surface area (TPSA) is 55.2 Å². The van der Waals surface area contributed by atoms with Crippen molar-refractivity contribution in [3.05, 3.63) is 17.5 Å². The van der Waals surface area contributed by atoms with Gasteiger partial charge in [0.25, 0.3) is 5.91 Å². The molecule has 1 aliphatic rings. The Morgan fingerprint density at radius 1 is 1.47 bits per heavy atom. The Kier molecular flexibility index (Phi) is 4.02. The predicted molar refractivity (Wildman–Crippen MR) is 71.9 cm³/mol. The fourth-order valence-corrected chi connectivity index (χ4v) is 2.64. The number of amides is 1. The van der Waals surface area contributed by atoms with E-state index in [1.807, 2.05) is 21.0 Å². The molecule has 0 radical (unpaired) electrons. The summed E-state index contributed by atoms with van der Waals surface area (Å²) in [5, 5.41) is 4.30. The van der Waals surface area contributed by atoms with Gasteiger partial charge in [-0.25, -0.2) is 0 Å². The zero-order valence-corrected chi connectivity index (χ0v) is 11.8. The van der Waals surface area contributed by atoms with E-state index in [0.29, 0.717) is 24.2 Å². The molecule has 2 rings (SSSR count). The smallest absolute Gasteiger partial charge is 0.257 e. The maximum atomic E-state index is 12.5. The minimum atomic E-state index is 0.0179. The molecule has 0 spiro atoms. The largest absolute Gasteiger partial charge is 0.339 e. The Morgan fingerprint density at radius 3 is 2.68 bits per heavy atom. The van der Waals surface area contributed by atoms with Gasteiger partial charge in [-0.2, -0.15) is 5.10 Å². The van der Waals surface area contributed by atoms with Crippen molar-refractivity contribution < 1.29 is 9.59 Å². The Balaban J connectivity index is 2.12. The average Bonchev–Trinajstić information content (AvgIpc) is 2.79. The van der Waals surface area contributed by atoms with Crippen LogP contribution in [0, 0.1) is 0 Å². The van der Waals surface area contributed by atoms with E-state index in [-0.39, 0.29) is 11.9 Å². The van der Waals surface area contributed by atoms with E-state index in [1.54, 1.807) is 15.8 Å². The van der Waals surface area contributed by atoms with Gasteiger partial charge in [0, 0.05) is 39.2 Å². The molecule has 1 heterocycles. The minimum Gasteiger partial charge on any atom is -0.339 e. The van der Waals surface area contributed by atoms with Gasteiger partial charge < -0.3 is 4.90 Å². The SMILES string of the molecule is CCc1nn(C)cc1C(=O)N(C)C1CCC(=O)CC1. The standard InChI is InChI=1S/C14H21N3O2/c1-4-13-12(9-16(2)15-13)14(19)17(3)10-5-7-11(18)8-6-10/h9-10H,4-8H2,1-3H3. The van der Waals surface area contributed by atoms with Gasteiger partial charge in [0.05, 0.1) is 11.3 Å². The molecule has 1 amide bonds. The summed E-state index contributed by atoms with van der Waals surface area (Å²) in [5.74, 6) is 0.331. The zero-order chi connectivity index (χ0) is 14.0. The fraction of sp³-hybridized carbons (Fsp3) is 0.643. The molecule has 0 aliphatic heterocycles. The van der Waals surface area contributed by atoms with Gasteiger partial charge in [-0.3, -0.25) is 14.3 Å². The van der Waals surface area contributed by atoms with E-state index in [9.17, 15) is 9.59 Å². The number of hydrogen-bond donors (Lipinski definition) is 0. The van der Waals surface area contributed by atoms with Gasteiger partial charge in [0.1, 0.15) is 5.78 Å². The second-order valence-electron chi connectivity index (χ2n) is 5.20. The summed E-state index contributed by atoms with van der Waals surface area (Å²) in [6.45, 7) is 2.00. The van der Waals surface area contributed by atoms with Gasteiger partial charge in [0.2, 0.25) is 0 Å². The number of rotatable bonds is 3. The third kappa shape index (κ3) is 2.85. The van der Waals surface area contributed by atoms with Crippen LogP contribution in [0.25, 0.3) is 0 Å². The molecule has 1 aliphatic carbocycles. The van der Waals surface area contributed by atoms with Crippen molar-refractivity contribution in [3.8, 4) is 0 Å². The molecule has 1 aromatic heterocycles. The van der Waals surface area contributed by atoms with Gasteiger partial charge in [-0.1, -0.05) is 6.92 Å². The molecule has 5 heteroatoms. The first-order valence-electron chi connectivity index (χ1n) is 6.84. The normalized spacial score (nSPS) is 16.7. The molecule has 1 fully saturated rings. The lowest BCUT2D eigenvalue weighted by Gasteiger charge is -2.30. The van der Waals surface area contributed by atoms with Crippen LogP contribution in [0.2, 0.25) is 0 Å². The Hall–Kier alpha value is -1.65. The van der Waals surface area contributed by atoms with E-state index in [2.05, 4.69) is 5.10 Å². The van der Waals surface area contributed by atoms with E-state index >= 15 is 0 Å². The molecule has 1 saturated carbocycles. The quantitative estimate of drug-likeness (QED) is 0.831. The molecular formula is C14H21N3O2. The predicted octanol–water partition coefficient (Wildman–Crippen LogP) is 1.57. The van der Waals surface area contributed by atoms with Crippen molar-refractivity contribution in [2.45, 2.75) is 45.1 Å². The maximum Gasteiger partial charge on any atom is 0.257 e. The van der Waals surface area contributed by atoms with Crippen molar-refractivity contribution in [2.24, 2.45) is 7.05 Å². The molecular weight excluding hydrogens is 242 g/mol. The zero-order valence-electron chi connectivity index (χ0n) is 11.8. The molecule has 5 nitrogen and oxygen atoms in total. The van der Waals surface area contributed by atoms with Crippen molar-refractivity contribution in [1.29, 1.82) is 0 Å². The summed E-state index contributed by atoms with van der Waals surface area (Å²) in [7, 11) is 3.66. The number of aromatic nitrogens is 2. The molecule has 104 valence electrons. The summed E-state index contributed by atoms with van der Waals surface area (Å²) in [6, 6.07) is 0.176. The number of aryl methyl sites for hydroxylation is 2. The average molecular weight is 263 g/mol. The van der Waals surface area contributed by atoms with Crippen LogP contribution < -0.4 is 0 Å². The van der Waals surface area contributed by atoms with Crippen LogP contribution in [0.15, 0.2) is 6.20 Å². The number of Topliss-reactive ketones (excluding diaryl/α,β-unsaturated/α-hetero) is 1. The van der Waals surface area contributed by atoms with Crippen molar-refractivity contribution in [3.63, 3.8) is 0 Å². The summed E-state index contributed by atoms with van der Waals surface area (Å²) in [6.07, 6.45) is 5.28. The number of carbonyl (C=O) groups is 2. The van der Waals surface area contributed by atoms with Crippen LogP contribution in [-0.4, -0.2) is 39.5 Å². The highest BCUT2D eigenvalue weighted by molar-refractivity contribution is 5.95. The minimum absolute atomic E-state index is 0.0179. The third-order valence-corrected chi connectivity index (χ3v) is 3.85. The van der Waals surface area contributed by atoms with Crippen molar-refractivity contribution in [2.75, 3.05) is 7.05 Å². The third-order valence-electron chi connectivity index (χ3n) is 3.85. The first-order valence-corrected chi connectivity index (χ1v) is 6.84. The van der Waals surface area contributed by atoms with Crippen LogP contribution >= 0.6 is 0 Å². The molecule has 0 unspecified atom stereocenters. The lowest BCUT2D eigenvalue weighted by molar-refractivity contribution is -0.121. The van der Waals surface area contributed by atoms with Crippen LogP contribution in [0.5, 0.6) is 0 Å². The van der Waals surface area contributed by atoms with Crippen LogP contribution in [0.3, 0.4) is 0 Å². The monoisotopic (exact) mass is 263 g/mol. The Morgan fingerprint density at radius 2 is 2.11 bits per heavy atom. The molecule has 0 N–H and O–H groups in total. The van der Waals surface area contributed by atoms with Gasteiger partial charge in [-0.05, 0) is 19.3 Å². The maximum absolute atomic E-state index is 12.5. The van der Waals surface area contributed by atoms with Crippen molar-refractivity contribution >= 4 is 11.7 Å². The first kappa shape index (κ1) is 13.8. The fourth-order valence-electron chi connectivity index (χ4n) is 2.64. The first-order chi connectivity index (χ1) is 9.02. The highest BCUT2D eigenvalue weighted by Crippen LogP contribution is 2.21. The van der Waals surface area contributed by atoms with Crippen molar-refractivity contribution in [1.82, 2.24) is 14.7 Å². The Labute approximate surface area is 113 Å². The van der Waals surface area contributed by atoms with E-state index in [0.717, 1.165) is 25.0 Å². The second-order valence-corrected chi connectivity index (χ2v) is 5.20. The van der Waals surface area contributed by atoms with E-state index in [4.69, 9.17) is 0 Å². The molecule has 1 aromatic rings. The molecule has 0 saturated heterocycles. The molecule has 0 atom stereocenters. The molecule has 0 bridgehead atoms. The van der Waals surface area contributed by atoms with E-state index < -0.39 is 0 Å². The number of ketones is 1. The Bertz CT molecular complexity index is 483. The van der Waals surface area contributed by atoms with Crippen LogP contribution in [0.1, 0.15) is 48.7 Å². The van der Waals surface area contributed by atoms with Crippen LogP contribution in [0.4, 0.5) is 0 Å². The highest BCUT2D eigenvalue weighted by atomic mass is 16.2. The van der Waals surface area contributed by atoms with Gasteiger partial charge in [-0.15, -0.1) is 0 Å². The summed E-state index contributed by atoms with van der Waals surface area (Å²) < 4.78 is 1.68. The number of carbonyl (C=O) groups excluding carboxylic acids is 2.